The number of aryl methyl sites for hydroxylation is 2. The first-order valence-corrected chi connectivity index (χ1v) is 7.87. The van der Waals surface area contributed by atoms with E-state index in [9.17, 15) is 0 Å². The van der Waals surface area contributed by atoms with Crippen molar-refractivity contribution in [2.75, 3.05) is 0 Å². The number of hydrogen-bond acceptors (Lipinski definition) is 4. The molecular formula is C16H20N2OS. The van der Waals surface area contributed by atoms with Gasteiger partial charge in [-0.3, -0.25) is 0 Å². The average molecular weight is 288 g/mol. The Morgan fingerprint density at radius 2 is 2.15 bits per heavy atom. The molecule has 0 spiro atoms. The van der Waals surface area contributed by atoms with Gasteiger partial charge in [0, 0.05) is 17.3 Å². The van der Waals surface area contributed by atoms with E-state index in [2.05, 4.69) is 26.0 Å². The van der Waals surface area contributed by atoms with Crippen LogP contribution < -0.4 is 10.5 Å². The molecule has 1 aliphatic rings. The second-order valence-electron chi connectivity index (χ2n) is 5.45. The molecule has 2 N–H and O–H groups in total. The van der Waals surface area contributed by atoms with Crippen LogP contribution in [0.2, 0.25) is 0 Å². The zero-order chi connectivity index (χ0) is 14.1. The topological polar surface area (TPSA) is 48.1 Å². The number of nitrogens with zero attached hydrogens (tertiary/aromatic N) is 1. The van der Waals surface area contributed by atoms with Crippen molar-refractivity contribution in [2.45, 2.75) is 45.8 Å². The summed E-state index contributed by atoms with van der Waals surface area (Å²) in [6, 6.07) is 6.24. The van der Waals surface area contributed by atoms with Gasteiger partial charge in [-0.05, 0) is 38.3 Å². The van der Waals surface area contributed by atoms with E-state index in [1.165, 1.54) is 34.5 Å². The Labute approximate surface area is 123 Å². The normalized spacial score (nSPS) is 14.6. The summed E-state index contributed by atoms with van der Waals surface area (Å²) in [5.74, 6) is 1.59. The number of ether oxygens (including phenoxy) is 1. The van der Waals surface area contributed by atoms with Crippen LogP contribution in [0.1, 0.15) is 45.5 Å². The average Bonchev–Trinajstić information content (AvgIpc) is 3.18. The van der Waals surface area contributed by atoms with Gasteiger partial charge >= 0.3 is 0 Å². The van der Waals surface area contributed by atoms with Crippen molar-refractivity contribution in [1.82, 2.24) is 4.98 Å². The Morgan fingerprint density at radius 3 is 2.80 bits per heavy atom. The van der Waals surface area contributed by atoms with Crippen molar-refractivity contribution in [1.29, 1.82) is 0 Å². The minimum atomic E-state index is 0.536. The number of aromatic nitrogens is 1. The maximum Gasteiger partial charge on any atom is 0.140 e. The van der Waals surface area contributed by atoms with Gasteiger partial charge in [0.15, 0.2) is 0 Å². The minimum absolute atomic E-state index is 0.536. The number of benzene rings is 1. The van der Waals surface area contributed by atoms with E-state index in [1.54, 1.807) is 11.3 Å². The standard InChI is InChI=1S/C16H20N2OS/c1-10-3-6-13(11(2)7-10)19-9-15-18-16(12-4-5-12)14(8-17)20-15/h3,6-7,12H,4-5,8-9,17H2,1-2H3. The molecule has 3 rings (SSSR count). The summed E-state index contributed by atoms with van der Waals surface area (Å²) in [4.78, 5) is 5.95. The SMILES string of the molecule is Cc1ccc(OCc2nc(C3CC3)c(CN)s2)c(C)c1. The van der Waals surface area contributed by atoms with E-state index >= 15 is 0 Å². The van der Waals surface area contributed by atoms with Gasteiger partial charge in [0.25, 0.3) is 0 Å². The Morgan fingerprint density at radius 1 is 1.35 bits per heavy atom. The smallest absolute Gasteiger partial charge is 0.140 e. The molecule has 1 aromatic carbocycles. The lowest BCUT2D eigenvalue weighted by Crippen LogP contribution is -1.98. The molecule has 0 saturated heterocycles. The Bertz CT molecular complexity index is 617. The largest absolute Gasteiger partial charge is 0.486 e. The molecule has 4 heteroatoms. The summed E-state index contributed by atoms with van der Waals surface area (Å²) in [6.45, 7) is 5.29. The van der Waals surface area contributed by atoms with E-state index in [0.717, 1.165) is 10.8 Å². The summed E-state index contributed by atoms with van der Waals surface area (Å²) < 4.78 is 5.90. The predicted molar refractivity (Wildman–Crippen MR) is 82.2 cm³/mol. The van der Waals surface area contributed by atoms with Gasteiger partial charge in [0.05, 0.1) is 5.69 Å². The highest BCUT2D eigenvalue weighted by atomic mass is 32.1. The lowest BCUT2D eigenvalue weighted by molar-refractivity contribution is 0.303. The Kier molecular flexibility index (Phi) is 3.76. The fourth-order valence-corrected chi connectivity index (χ4v) is 3.34. The highest BCUT2D eigenvalue weighted by Gasteiger charge is 2.29. The molecule has 0 radical (unpaired) electrons. The van der Waals surface area contributed by atoms with Crippen molar-refractivity contribution >= 4 is 11.3 Å². The van der Waals surface area contributed by atoms with Crippen molar-refractivity contribution in [3.05, 3.63) is 44.9 Å². The summed E-state index contributed by atoms with van der Waals surface area (Å²) in [7, 11) is 0. The first kappa shape index (κ1) is 13.6. The highest BCUT2D eigenvalue weighted by molar-refractivity contribution is 7.11. The van der Waals surface area contributed by atoms with Crippen molar-refractivity contribution in [3.8, 4) is 5.75 Å². The van der Waals surface area contributed by atoms with Crippen molar-refractivity contribution in [3.63, 3.8) is 0 Å². The van der Waals surface area contributed by atoms with Crippen LogP contribution in [-0.2, 0) is 13.2 Å². The van der Waals surface area contributed by atoms with Crippen LogP contribution in [0, 0.1) is 13.8 Å². The van der Waals surface area contributed by atoms with Gasteiger partial charge in [-0.2, -0.15) is 0 Å². The number of nitrogens with two attached hydrogens (primary N) is 1. The molecule has 1 aliphatic carbocycles. The molecular weight excluding hydrogens is 268 g/mol. The van der Waals surface area contributed by atoms with E-state index in [4.69, 9.17) is 15.5 Å². The number of hydrogen-bond donors (Lipinski definition) is 1. The van der Waals surface area contributed by atoms with Gasteiger partial charge in [-0.25, -0.2) is 4.98 Å². The van der Waals surface area contributed by atoms with Gasteiger partial charge in [-0.15, -0.1) is 11.3 Å². The van der Waals surface area contributed by atoms with E-state index in [1.807, 2.05) is 6.07 Å². The van der Waals surface area contributed by atoms with Crippen LogP contribution in [0.5, 0.6) is 5.75 Å². The van der Waals surface area contributed by atoms with Gasteiger partial charge < -0.3 is 10.5 Å². The first-order chi connectivity index (χ1) is 9.67. The van der Waals surface area contributed by atoms with Crippen LogP contribution in [-0.4, -0.2) is 4.98 Å². The molecule has 1 aromatic heterocycles. The quantitative estimate of drug-likeness (QED) is 0.913. The van der Waals surface area contributed by atoms with Gasteiger partial charge in [0.2, 0.25) is 0 Å². The van der Waals surface area contributed by atoms with Crippen molar-refractivity contribution in [2.24, 2.45) is 5.73 Å². The minimum Gasteiger partial charge on any atom is -0.486 e. The number of thiazole rings is 1. The highest BCUT2D eigenvalue weighted by Crippen LogP contribution is 2.42. The fraction of sp³-hybridized carbons (Fsp3) is 0.438. The molecule has 0 aliphatic heterocycles. The maximum atomic E-state index is 5.90. The van der Waals surface area contributed by atoms with Crippen LogP contribution in [0.3, 0.4) is 0 Å². The monoisotopic (exact) mass is 288 g/mol. The van der Waals surface area contributed by atoms with Crippen LogP contribution >= 0.6 is 11.3 Å². The van der Waals surface area contributed by atoms with Gasteiger partial charge in [-0.1, -0.05) is 17.7 Å². The first-order valence-electron chi connectivity index (χ1n) is 7.06. The Balaban J connectivity index is 1.71. The summed E-state index contributed by atoms with van der Waals surface area (Å²) in [5, 5.41) is 1.03. The molecule has 1 saturated carbocycles. The molecule has 0 atom stereocenters. The third-order valence-electron chi connectivity index (χ3n) is 3.60. The van der Waals surface area contributed by atoms with Crippen LogP contribution in [0.4, 0.5) is 0 Å². The molecule has 2 aromatic rings. The molecule has 0 unspecified atom stereocenters. The predicted octanol–water partition coefficient (Wildman–Crippen LogP) is 3.68. The summed E-state index contributed by atoms with van der Waals surface area (Å²) in [5.41, 5.74) is 9.45. The molecule has 20 heavy (non-hydrogen) atoms. The zero-order valence-corrected chi connectivity index (χ0v) is 12.8. The molecule has 0 amide bonds. The molecule has 3 nitrogen and oxygen atoms in total. The second-order valence-corrected chi connectivity index (χ2v) is 6.62. The zero-order valence-electron chi connectivity index (χ0n) is 12.0. The lowest BCUT2D eigenvalue weighted by Gasteiger charge is -2.08. The van der Waals surface area contributed by atoms with Crippen molar-refractivity contribution < 1.29 is 4.74 Å². The lowest BCUT2D eigenvalue weighted by atomic mass is 10.1. The third kappa shape index (κ3) is 2.86. The molecule has 1 heterocycles. The van der Waals surface area contributed by atoms with Gasteiger partial charge in [0.1, 0.15) is 17.4 Å². The summed E-state index contributed by atoms with van der Waals surface area (Å²) in [6.07, 6.45) is 2.52. The van der Waals surface area contributed by atoms with E-state index < -0.39 is 0 Å². The molecule has 1 fully saturated rings. The number of rotatable bonds is 5. The second kappa shape index (κ2) is 5.54. The van der Waals surface area contributed by atoms with Crippen LogP contribution in [0.15, 0.2) is 18.2 Å². The van der Waals surface area contributed by atoms with E-state index in [-0.39, 0.29) is 0 Å². The Hall–Kier alpha value is -1.39. The van der Waals surface area contributed by atoms with Crippen LogP contribution in [0.25, 0.3) is 0 Å². The fourth-order valence-electron chi connectivity index (χ4n) is 2.40. The van der Waals surface area contributed by atoms with E-state index in [0.29, 0.717) is 19.1 Å². The summed E-state index contributed by atoms with van der Waals surface area (Å²) >= 11 is 1.69. The third-order valence-corrected chi connectivity index (χ3v) is 4.67. The molecule has 106 valence electrons. The maximum absolute atomic E-state index is 5.90. The molecule has 0 bridgehead atoms.